The van der Waals surface area contributed by atoms with Crippen molar-refractivity contribution in [2.45, 2.75) is 30.2 Å². The first-order valence-corrected chi connectivity index (χ1v) is 8.37. The molecule has 0 fully saturated rings. The molecule has 2 rings (SSSR count). The molecule has 2 aromatic rings. The van der Waals surface area contributed by atoms with Crippen molar-refractivity contribution in [2.24, 2.45) is 0 Å². The fourth-order valence-corrected chi connectivity index (χ4v) is 3.40. The second-order valence-corrected chi connectivity index (χ2v) is 6.54. The summed E-state index contributed by atoms with van der Waals surface area (Å²) in [5, 5.41) is 8.88. The summed E-state index contributed by atoms with van der Waals surface area (Å²) < 4.78 is 80.8. The van der Waals surface area contributed by atoms with Gasteiger partial charge in [0.25, 0.3) is 0 Å². The maximum atomic E-state index is 13.7. The average Bonchev–Trinajstić information content (AvgIpc) is 2.59. The van der Waals surface area contributed by atoms with Gasteiger partial charge in [-0.3, -0.25) is 4.98 Å². The predicted molar refractivity (Wildman–Crippen MR) is 87.4 cm³/mol. The summed E-state index contributed by atoms with van der Waals surface area (Å²) in [5.74, 6) is 0. The van der Waals surface area contributed by atoms with Crippen molar-refractivity contribution in [3.8, 4) is 6.07 Å². The van der Waals surface area contributed by atoms with Crippen molar-refractivity contribution >= 4 is 11.9 Å². The molecule has 0 radical (unpaired) electrons. The van der Waals surface area contributed by atoms with Crippen molar-refractivity contribution in [2.75, 3.05) is 6.54 Å². The maximum Gasteiger partial charge on any atom is 0.416 e. The summed E-state index contributed by atoms with van der Waals surface area (Å²) in [6.07, 6.45) is -7.02. The molecule has 1 heterocycles. The Morgan fingerprint density at radius 3 is 2.41 bits per heavy atom. The molecule has 0 bridgehead atoms. The Bertz CT molecular complexity index is 828. The first kappa shape index (κ1) is 21.1. The number of halogens is 6. The fraction of sp³-hybridized carbons (Fsp3) is 0.294. The van der Waals surface area contributed by atoms with Gasteiger partial charge < -0.3 is 0 Å². The number of alkyl halides is 6. The summed E-state index contributed by atoms with van der Waals surface area (Å²) in [5.41, 5.74) is -1.50. The number of pyridine rings is 1. The topological polar surface area (TPSA) is 39.9 Å². The van der Waals surface area contributed by atoms with E-state index in [2.05, 4.69) is 4.98 Å². The van der Waals surface area contributed by atoms with Crippen LogP contribution in [0.15, 0.2) is 47.6 Å². The Labute approximate surface area is 155 Å². The second kappa shape index (κ2) is 8.19. The highest BCUT2D eigenvalue weighted by molar-refractivity contribution is 7.97. The number of rotatable bonds is 5. The van der Waals surface area contributed by atoms with Gasteiger partial charge in [0.05, 0.1) is 11.1 Å². The molecule has 1 aromatic carbocycles. The average molecular weight is 405 g/mol. The number of hydrogen-bond acceptors (Lipinski definition) is 4. The van der Waals surface area contributed by atoms with Gasteiger partial charge in [0.2, 0.25) is 0 Å². The first-order valence-electron chi connectivity index (χ1n) is 7.60. The minimum atomic E-state index is -4.81. The molecule has 0 saturated carbocycles. The van der Waals surface area contributed by atoms with Crippen LogP contribution in [-0.4, -0.2) is 22.0 Å². The minimum Gasteiger partial charge on any atom is -0.262 e. The third-order valence-corrected chi connectivity index (χ3v) is 4.64. The largest absolute Gasteiger partial charge is 0.416 e. The third kappa shape index (κ3) is 5.37. The highest BCUT2D eigenvalue weighted by Crippen LogP contribution is 2.43. The summed E-state index contributed by atoms with van der Waals surface area (Å²) in [6, 6.07) is 4.12. The zero-order valence-corrected chi connectivity index (χ0v) is 14.7. The van der Waals surface area contributed by atoms with Crippen molar-refractivity contribution < 1.29 is 26.3 Å². The molecule has 3 nitrogen and oxygen atoms in total. The third-order valence-electron chi connectivity index (χ3n) is 3.50. The van der Waals surface area contributed by atoms with Crippen molar-refractivity contribution in [1.29, 1.82) is 5.26 Å². The van der Waals surface area contributed by atoms with Crippen LogP contribution in [0.5, 0.6) is 0 Å². The number of nitriles is 1. The van der Waals surface area contributed by atoms with Crippen LogP contribution in [0.1, 0.15) is 29.7 Å². The summed E-state index contributed by atoms with van der Waals surface area (Å²) in [7, 11) is 0. The molecule has 0 aliphatic carbocycles. The Balaban J connectivity index is 2.44. The van der Waals surface area contributed by atoms with Crippen LogP contribution < -0.4 is 0 Å². The molecule has 0 aliphatic heterocycles. The number of hydrogen-bond donors (Lipinski definition) is 0. The van der Waals surface area contributed by atoms with Gasteiger partial charge in [0.15, 0.2) is 0 Å². The van der Waals surface area contributed by atoms with Gasteiger partial charge in [-0.15, -0.1) is 0 Å². The van der Waals surface area contributed by atoms with E-state index in [0.29, 0.717) is 18.0 Å². The van der Waals surface area contributed by atoms with Crippen LogP contribution in [0.2, 0.25) is 0 Å². The molecule has 0 spiro atoms. The first-order chi connectivity index (χ1) is 12.6. The van der Waals surface area contributed by atoms with Gasteiger partial charge in [-0.1, -0.05) is 19.1 Å². The molecule has 1 atom stereocenters. The Hall–Kier alpha value is -2.25. The number of benzene rings is 1. The van der Waals surface area contributed by atoms with Crippen LogP contribution in [-0.2, 0) is 6.18 Å². The van der Waals surface area contributed by atoms with Crippen LogP contribution in [0, 0.1) is 11.3 Å². The van der Waals surface area contributed by atoms with Crippen molar-refractivity contribution in [3.63, 3.8) is 0 Å². The monoisotopic (exact) mass is 405 g/mol. The number of nitrogens with zero attached hydrogens (tertiary/aromatic N) is 3. The quantitative estimate of drug-likeness (QED) is 0.479. The van der Waals surface area contributed by atoms with Gasteiger partial charge >= 0.3 is 12.4 Å². The second-order valence-electron chi connectivity index (χ2n) is 5.41. The van der Waals surface area contributed by atoms with E-state index in [4.69, 9.17) is 5.26 Å². The summed E-state index contributed by atoms with van der Waals surface area (Å²) >= 11 is 0.680. The van der Waals surface area contributed by atoms with Gasteiger partial charge in [0, 0.05) is 23.8 Å². The van der Waals surface area contributed by atoms with E-state index in [1.807, 2.05) is 6.07 Å². The lowest BCUT2D eigenvalue weighted by Crippen LogP contribution is -2.34. The fourth-order valence-electron chi connectivity index (χ4n) is 2.37. The molecule has 0 N–H and O–H groups in total. The van der Waals surface area contributed by atoms with E-state index < -0.39 is 29.5 Å². The van der Waals surface area contributed by atoms with E-state index >= 15 is 0 Å². The Morgan fingerprint density at radius 1 is 1.15 bits per heavy atom. The predicted octanol–water partition coefficient (Wildman–Crippen LogP) is 5.60. The summed E-state index contributed by atoms with van der Waals surface area (Å²) in [6.45, 7) is 1.35. The number of aromatic nitrogens is 1. The van der Waals surface area contributed by atoms with E-state index in [-0.39, 0.29) is 17.0 Å². The van der Waals surface area contributed by atoms with E-state index in [1.54, 1.807) is 0 Å². The molecule has 0 aliphatic rings. The van der Waals surface area contributed by atoms with Crippen molar-refractivity contribution in [1.82, 2.24) is 9.29 Å². The van der Waals surface area contributed by atoms with Crippen LogP contribution >= 0.6 is 11.9 Å². The molecular weight excluding hydrogens is 392 g/mol. The van der Waals surface area contributed by atoms with Gasteiger partial charge in [0.1, 0.15) is 12.1 Å². The van der Waals surface area contributed by atoms with Crippen LogP contribution in [0.3, 0.4) is 0 Å². The van der Waals surface area contributed by atoms with E-state index in [9.17, 15) is 26.3 Å². The maximum absolute atomic E-state index is 13.7. The van der Waals surface area contributed by atoms with Crippen LogP contribution in [0.25, 0.3) is 0 Å². The van der Waals surface area contributed by atoms with Gasteiger partial charge in [-0.05, 0) is 35.7 Å². The van der Waals surface area contributed by atoms with Crippen LogP contribution in [0.4, 0.5) is 26.3 Å². The zero-order valence-electron chi connectivity index (χ0n) is 13.8. The molecule has 1 aromatic heterocycles. The minimum absolute atomic E-state index is 0.109. The Morgan fingerprint density at radius 2 is 1.85 bits per heavy atom. The molecule has 0 amide bonds. The lowest BCUT2D eigenvalue weighted by Gasteiger charge is -2.31. The smallest absolute Gasteiger partial charge is 0.262 e. The zero-order chi connectivity index (χ0) is 20.2. The Kier molecular flexibility index (Phi) is 6.38. The lowest BCUT2D eigenvalue weighted by atomic mass is 10.0. The molecule has 10 heteroatoms. The van der Waals surface area contributed by atoms with E-state index in [0.717, 1.165) is 22.5 Å². The van der Waals surface area contributed by atoms with Gasteiger partial charge in [-0.2, -0.15) is 31.6 Å². The molecular formula is C17H13F6N3S. The summed E-state index contributed by atoms with van der Waals surface area (Å²) in [4.78, 5) is 4.06. The van der Waals surface area contributed by atoms with Crippen molar-refractivity contribution in [3.05, 3.63) is 59.4 Å². The standard InChI is InChI=1S/C17H13F6N3S/c1-2-26(27-14-6-11(8-24)9-25-10-14)15(17(21,22)23)12-4-3-5-13(7-12)16(18,19)20/h3-7,9-10,15H,2H2,1H3. The molecule has 144 valence electrons. The molecule has 27 heavy (non-hydrogen) atoms. The molecule has 0 saturated heterocycles. The highest BCUT2D eigenvalue weighted by Gasteiger charge is 2.45. The highest BCUT2D eigenvalue weighted by atomic mass is 32.2. The lowest BCUT2D eigenvalue weighted by molar-refractivity contribution is -0.172. The SMILES string of the molecule is CCN(Sc1cncc(C#N)c1)C(c1cccc(C(F)(F)F)c1)C(F)(F)F. The van der Waals surface area contributed by atoms with Gasteiger partial charge in [-0.25, -0.2) is 4.31 Å². The van der Waals surface area contributed by atoms with E-state index in [1.165, 1.54) is 25.4 Å². The normalized spacial score (nSPS) is 13.4. The molecule has 1 unspecified atom stereocenters.